The summed E-state index contributed by atoms with van der Waals surface area (Å²) >= 11 is 1.55. The van der Waals surface area contributed by atoms with Crippen molar-refractivity contribution in [2.45, 2.75) is 32.2 Å². The molecule has 1 aromatic carbocycles. The molecule has 2 aromatic rings. The standard InChI is InChI=1S/C19H26N2O3S2/c1-4-20(5-2)12-13-21(15-18-7-6-14-25-18)26(23,24)19-10-8-17(9-11-19)16(3)22/h6-11,14H,4-5,12-13,15H2,1-3H3. The van der Waals surface area contributed by atoms with Crippen molar-refractivity contribution in [3.63, 3.8) is 0 Å². The number of ketones is 1. The average molecular weight is 395 g/mol. The quantitative estimate of drug-likeness (QED) is 0.579. The number of nitrogens with zero attached hydrogens (tertiary/aromatic N) is 2. The van der Waals surface area contributed by atoms with E-state index >= 15 is 0 Å². The van der Waals surface area contributed by atoms with Gasteiger partial charge < -0.3 is 4.90 Å². The van der Waals surface area contributed by atoms with Crippen molar-refractivity contribution in [1.29, 1.82) is 0 Å². The van der Waals surface area contributed by atoms with Gasteiger partial charge in [0.1, 0.15) is 0 Å². The van der Waals surface area contributed by atoms with Gasteiger partial charge in [-0.15, -0.1) is 11.3 Å². The van der Waals surface area contributed by atoms with Gasteiger partial charge in [0.25, 0.3) is 0 Å². The molecular formula is C19H26N2O3S2. The van der Waals surface area contributed by atoms with Crippen molar-refractivity contribution in [3.05, 3.63) is 52.2 Å². The molecule has 0 saturated carbocycles. The summed E-state index contributed by atoms with van der Waals surface area (Å²) in [4.78, 5) is 14.9. The van der Waals surface area contributed by atoms with Crippen LogP contribution in [0.5, 0.6) is 0 Å². The Hall–Kier alpha value is -1.54. The van der Waals surface area contributed by atoms with Crippen LogP contribution in [0.4, 0.5) is 0 Å². The van der Waals surface area contributed by atoms with Crippen molar-refractivity contribution in [2.24, 2.45) is 0 Å². The molecule has 0 atom stereocenters. The molecule has 0 saturated heterocycles. The summed E-state index contributed by atoms with van der Waals surface area (Å²) in [6, 6.07) is 10.1. The van der Waals surface area contributed by atoms with Crippen molar-refractivity contribution in [1.82, 2.24) is 9.21 Å². The lowest BCUT2D eigenvalue weighted by molar-refractivity contribution is 0.101. The molecule has 0 fully saturated rings. The molecule has 0 amide bonds. The van der Waals surface area contributed by atoms with E-state index in [1.807, 2.05) is 17.5 Å². The highest BCUT2D eigenvalue weighted by Crippen LogP contribution is 2.21. The van der Waals surface area contributed by atoms with E-state index in [0.29, 0.717) is 25.2 Å². The van der Waals surface area contributed by atoms with Gasteiger partial charge in [0.15, 0.2) is 5.78 Å². The largest absolute Gasteiger partial charge is 0.303 e. The molecule has 5 nitrogen and oxygen atoms in total. The summed E-state index contributed by atoms with van der Waals surface area (Å²) in [6.07, 6.45) is 0. The van der Waals surface area contributed by atoms with E-state index < -0.39 is 10.0 Å². The SMILES string of the molecule is CCN(CC)CCN(Cc1cccs1)S(=O)(=O)c1ccc(C(C)=O)cc1. The first-order valence-electron chi connectivity index (χ1n) is 8.74. The fourth-order valence-electron chi connectivity index (χ4n) is 2.66. The third-order valence-electron chi connectivity index (χ3n) is 4.37. The third-order valence-corrected chi connectivity index (χ3v) is 7.09. The van der Waals surface area contributed by atoms with Gasteiger partial charge in [-0.1, -0.05) is 32.0 Å². The Morgan fingerprint density at radius 2 is 1.69 bits per heavy atom. The van der Waals surface area contributed by atoms with E-state index in [-0.39, 0.29) is 10.7 Å². The van der Waals surface area contributed by atoms with Gasteiger partial charge in [-0.3, -0.25) is 4.79 Å². The van der Waals surface area contributed by atoms with Crippen LogP contribution in [0.1, 0.15) is 36.0 Å². The second-order valence-electron chi connectivity index (χ2n) is 6.03. The predicted octanol–water partition coefficient (Wildman–Crippen LogP) is 3.48. The normalized spacial score (nSPS) is 12.0. The lowest BCUT2D eigenvalue weighted by Gasteiger charge is -2.25. The summed E-state index contributed by atoms with van der Waals surface area (Å²) in [5.74, 6) is -0.0778. The van der Waals surface area contributed by atoms with E-state index in [4.69, 9.17) is 0 Å². The molecule has 0 unspecified atom stereocenters. The first-order chi connectivity index (χ1) is 12.4. The number of likely N-dealkylation sites (N-methyl/N-ethyl adjacent to an activating group) is 1. The highest BCUT2D eigenvalue weighted by molar-refractivity contribution is 7.89. The second-order valence-corrected chi connectivity index (χ2v) is 9.00. The maximum atomic E-state index is 13.2. The number of hydrogen-bond donors (Lipinski definition) is 0. The van der Waals surface area contributed by atoms with Crippen molar-refractivity contribution < 1.29 is 13.2 Å². The minimum atomic E-state index is -3.63. The Morgan fingerprint density at radius 1 is 1.04 bits per heavy atom. The maximum Gasteiger partial charge on any atom is 0.243 e. The molecule has 0 aliphatic rings. The van der Waals surface area contributed by atoms with Gasteiger partial charge in [0.05, 0.1) is 4.90 Å². The number of thiophene rings is 1. The third kappa shape index (κ3) is 5.23. The van der Waals surface area contributed by atoms with Gasteiger partial charge in [0.2, 0.25) is 10.0 Å². The van der Waals surface area contributed by atoms with Crippen LogP contribution in [-0.4, -0.2) is 49.6 Å². The topological polar surface area (TPSA) is 57.7 Å². The Morgan fingerprint density at radius 3 is 2.19 bits per heavy atom. The molecule has 142 valence electrons. The molecule has 0 bridgehead atoms. The first-order valence-corrected chi connectivity index (χ1v) is 11.1. The molecule has 7 heteroatoms. The lowest BCUT2D eigenvalue weighted by Crippen LogP contribution is -2.38. The Kier molecular flexibility index (Phi) is 7.52. The number of benzene rings is 1. The molecule has 2 rings (SSSR count). The zero-order valence-corrected chi connectivity index (χ0v) is 17.1. The van der Waals surface area contributed by atoms with Crippen molar-refractivity contribution in [2.75, 3.05) is 26.2 Å². The number of carbonyl (C=O) groups excluding carboxylic acids is 1. The zero-order chi connectivity index (χ0) is 19.2. The molecule has 1 aromatic heterocycles. The van der Waals surface area contributed by atoms with Gasteiger partial charge in [0, 0.05) is 30.1 Å². The fourth-order valence-corrected chi connectivity index (χ4v) is 4.87. The smallest absolute Gasteiger partial charge is 0.243 e. The monoisotopic (exact) mass is 394 g/mol. The van der Waals surface area contributed by atoms with Crippen LogP contribution in [0.3, 0.4) is 0 Å². The van der Waals surface area contributed by atoms with Gasteiger partial charge >= 0.3 is 0 Å². The molecular weight excluding hydrogens is 368 g/mol. The van der Waals surface area contributed by atoms with Crippen LogP contribution in [0, 0.1) is 0 Å². The van der Waals surface area contributed by atoms with Crippen LogP contribution in [0.25, 0.3) is 0 Å². The zero-order valence-electron chi connectivity index (χ0n) is 15.5. The van der Waals surface area contributed by atoms with E-state index in [9.17, 15) is 13.2 Å². The fraction of sp³-hybridized carbons (Fsp3) is 0.421. The Bertz CT molecular complexity index is 796. The van der Waals surface area contributed by atoms with E-state index in [0.717, 1.165) is 18.0 Å². The number of sulfonamides is 1. The molecule has 26 heavy (non-hydrogen) atoms. The maximum absolute atomic E-state index is 13.2. The van der Waals surface area contributed by atoms with Crippen LogP contribution in [-0.2, 0) is 16.6 Å². The molecule has 0 radical (unpaired) electrons. The molecule has 1 heterocycles. The van der Waals surface area contributed by atoms with E-state index in [2.05, 4.69) is 18.7 Å². The molecule has 0 aliphatic carbocycles. The van der Waals surface area contributed by atoms with Gasteiger partial charge in [-0.2, -0.15) is 4.31 Å². The summed E-state index contributed by atoms with van der Waals surface area (Å²) in [7, 11) is -3.63. The van der Waals surface area contributed by atoms with Crippen LogP contribution >= 0.6 is 11.3 Å². The van der Waals surface area contributed by atoms with Crippen LogP contribution in [0.2, 0.25) is 0 Å². The van der Waals surface area contributed by atoms with Crippen molar-refractivity contribution in [3.8, 4) is 0 Å². The first kappa shape index (κ1) is 20.8. The second kappa shape index (κ2) is 9.41. The number of rotatable bonds is 10. The highest BCUT2D eigenvalue weighted by Gasteiger charge is 2.25. The highest BCUT2D eigenvalue weighted by atomic mass is 32.2. The lowest BCUT2D eigenvalue weighted by atomic mass is 10.2. The predicted molar refractivity (Wildman–Crippen MR) is 106 cm³/mol. The summed E-state index contributed by atoms with van der Waals surface area (Å²) in [5, 5.41) is 1.95. The van der Waals surface area contributed by atoms with Gasteiger partial charge in [-0.25, -0.2) is 8.42 Å². The number of carbonyl (C=O) groups is 1. The minimum Gasteiger partial charge on any atom is -0.303 e. The number of hydrogen-bond acceptors (Lipinski definition) is 5. The van der Waals surface area contributed by atoms with E-state index in [1.54, 1.807) is 23.5 Å². The summed E-state index contributed by atoms with van der Waals surface area (Å²) < 4.78 is 27.8. The van der Waals surface area contributed by atoms with E-state index in [1.165, 1.54) is 23.4 Å². The van der Waals surface area contributed by atoms with Crippen LogP contribution < -0.4 is 0 Å². The average Bonchev–Trinajstić information content (AvgIpc) is 3.14. The molecule has 0 aliphatic heterocycles. The number of Topliss-reactive ketones (excluding diaryl/α,β-unsaturated/α-hetero) is 1. The molecule has 0 N–H and O–H groups in total. The minimum absolute atomic E-state index is 0.0778. The van der Waals surface area contributed by atoms with Gasteiger partial charge in [-0.05, 0) is 43.6 Å². The summed E-state index contributed by atoms with van der Waals surface area (Å²) in [5.41, 5.74) is 0.511. The molecule has 0 spiro atoms. The Balaban J connectivity index is 2.27. The van der Waals surface area contributed by atoms with Crippen molar-refractivity contribution >= 4 is 27.1 Å². The summed E-state index contributed by atoms with van der Waals surface area (Å²) in [6.45, 7) is 8.85. The Labute approximate surface area is 160 Å². The van der Waals surface area contributed by atoms with Crippen LogP contribution in [0.15, 0.2) is 46.7 Å².